The minimum atomic E-state index is -0.959. The quantitative estimate of drug-likeness (QED) is 0.475. The molecule has 0 aromatic carbocycles. The van der Waals surface area contributed by atoms with Crippen LogP contribution in [-0.2, 0) is 4.79 Å². The van der Waals surface area contributed by atoms with Crippen molar-refractivity contribution in [1.29, 1.82) is 0 Å². The standard InChI is InChI=1S/C6H13NO3/c1-4(2)6(10)7-3-5(8)9/h4,6-7,10H,3H2,1-2H3,(H,8,9). The molecule has 0 aliphatic heterocycles. The number of hydrogen-bond donors (Lipinski definition) is 3. The second kappa shape index (κ2) is 4.24. The van der Waals surface area contributed by atoms with Crippen LogP contribution in [0.2, 0.25) is 0 Å². The Morgan fingerprint density at radius 1 is 1.60 bits per heavy atom. The fourth-order valence-corrected chi connectivity index (χ4v) is 0.428. The molecule has 4 nitrogen and oxygen atoms in total. The van der Waals surface area contributed by atoms with Crippen molar-refractivity contribution in [3.05, 3.63) is 0 Å². The number of aliphatic hydroxyl groups excluding tert-OH is 1. The molecule has 3 N–H and O–H groups in total. The number of aliphatic hydroxyl groups is 1. The Kier molecular flexibility index (Phi) is 3.99. The zero-order valence-corrected chi connectivity index (χ0v) is 6.16. The molecule has 0 aromatic heterocycles. The highest BCUT2D eigenvalue weighted by Crippen LogP contribution is 1.95. The number of aliphatic carboxylic acids is 1. The topological polar surface area (TPSA) is 69.6 Å². The Bertz CT molecular complexity index is 114. The van der Waals surface area contributed by atoms with Gasteiger partial charge in [0, 0.05) is 0 Å². The zero-order chi connectivity index (χ0) is 8.15. The van der Waals surface area contributed by atoms with E-state index in [2.05, 4.69) is 5.32 Å². The van der Waals surface area contributed by atoms with Crippen molar-refractivity contribution >= 4 is 5.97 Å². The van der Waals surface area contributed by atoms with Crippen LogP contribution in [0, 0.1) is 5.92 Å². The summed E-state index contributed by atoms with van der Waals surface area (Å²) in [5, 5.41) is 19.6. The van der Waals surface area contributed by atoms with Crippen molar-refractivity contribution < 1.29 is 15.0 Å². The summed E-state index contributed by atoms with van der Waals surface area (Å²) in [6.07, 6.45) is -0.726. The van der Waals surface area contributed by atoms with Gasteiger partial charge in [0.15, 0.2) is 0 Å². The lowest BCUT2D eigenvalue weighted by atomic mass is 10.2. The van der Waals surface area contributed by atoms with Crippen molar-refractivity contribution in [2.75, 3.05) is 6.54 Å². The molecule has 4 heteroatoms. The molecule has 0 fully saturated rings. The molecule has 1 unspecified atom stereocenters. The third-order valence-electron chi connectivity index (χ3n) is 1.09. The van der Waals surface area contributed by atoms with Crippen LogP contribution in [0.5, 0.6) is 0 Å². The number of carboxylic acids is 1. The molecule has 60 valence electrons. The first-order valence-corrected chi connectivity index (χ1v) is 3.17. The Balaban J connectivity index is 3.39. The molecule has 0 spiro atoms. The van der Waals surface area contributed by atoms with Crippen LogP contribution < -0.4 is 5.32 Å². The highest BCUT2D eigenvalue weighted by atomic mass is 16.4. The fourth-order valence-electron chi connectivity index (χ4n) is 0.428. The van der Waals surface area contributed by atoms with Gasteiger partial charge in [-0.05, 0) is 5.92 Å². The maximum Gasteiger partial charge on any atom is 0.317 e. The minimum Gasteiger partial charge on any atom is -0.480 e. The third-order valence-corrected chi connectivity index (χ3v) is 1.09. The number of rotatable bonds is 4. The largest absolute Gasteiger partial charge is 0.480 e. The summed E-state index contributed by atoms with van der Waals surface area (Å²) in [4.78, 5) is 9.95. The van der Waals surface area contributed by atoms with E-state index in [-0.39, 0.29) is 12.5 Å². The van der Waals surface area contributed by atoms with Crippen LogP contribution in [-0.4, -0.2) is 29.0 Å². The molecular weight excluding hydrogens is 134 g/mol. The second-order valence-electron chi connectivity index (χ2n) is 2.46. The van der Waals surface area contributed by atoms with Gasteiger partial charge in [0.05, 0.1) is 6.54 Å². The average molecular weight is 147 g/mol. The summed E-state index contributed by atoms with van der Waals surface area (Å²) >= 11 is 0. The number of hydrogen-bond acceptors (Lipinski definition) is 3. The molecule has 0 saturated carbocycles. The van der Waals surface area contributed by atoms with Gasteiger partial charge in [-0.25, -0.2) is 0 Å². The summed E-state index contributed by atoms with van der Waals surface area (Å²) in [5.74, 6) is -0.918. The average Bonchev–Trinajstić information content (AvgIpc) is 1.82. The molecule has 0 heterocycles. The van der Waals surface area contributed by atoms with Crippen molar-refractivity contribution in [2.24, 2.45) is 5.92 Å². The molecule has 0 aliphatic carbocycles. The van der Waals surface area contributed by atoms with Crippen molar-refractivity contribution in [1.82, 2.24) is 5.32 Å². The molecular formula is C6H13NO3. The van der Waals surface area contributed by atoms with E-state index in [0.29, 0.717) is 0 Å². The Hall–Kier alpha value is -0.610. The van der Waals surface area contributed by atoms with Crippen LogP contribution in [0.25, 0.3) is 0 Å². The van der Waals surface area contributed by atoms with E-state index in [4.69, 9.17) is 10.2 Å². The van der Waals surface area contributed by atoms with Gasteiger partial charge in [-0.15, -0.1) is 0 Å². The zero-order valence-electron chi connectivity index (χ0n) is 6.16. The van der Waals surface area contributed by atoms with Gasteiger partial charge in [0.25, 0.3) is 0 Å². The van der Waals surface area contributed by atoms with Crippen molar-refractivity contribution in [2.45, 2.75) is 20.1 Å². The van der Waals surface area contributed by atoms with Gasteiger partial charge >= 0.3 is 5.97 Å². The summed E-state index contributed by atoms with van der Waals surface area (Å²) in [7, 11) is 0. The van der Waals surface area contributed by atoms with Gasteiger partial charge in [0.2, 0.25) is 0 Å². The number of carboxylic acid groups (broad SMARTS) is 1. The number of nitrogens with one attached hydrogen (secondary N) is 1. The first kappa shape index (κ1) is 9.39. The number of carbonyl (C=O) groups is 1. The van der Waals surface area contributed by atoms with Gasteiger partial charge < -0.3 is 10.2 Å². The van der Waals surface area contributed by atoms with E-state index in [0.717, 1.165) is 0 Å². The highest BCUT2D eigenvalue weighted by Gasteiger charge is 2.08. The van der Waals surface area contributed by atoms with E-state index in [1.807, 2.05) is 0 Å². The summed E-state index contributed by atoms with van der Waals surface area (Å²) < 4.78 is 0. The maximum absolute atomic E-state index is 9.95. The van der Waals surface area contributed by atoms with E-state index in [9.17, 15) is 4.79 Å². The normalized spacial score (nSPS) is 13.6. The molecule has 0 rings (SSSR count). The molecule has 0 aliphatic rings. The maximum atomic E-state index is 9.95. The van der Waals surface area contributed by atoms with Crippen molar-refractivity contribution in [3.63, 3.8) is 0 Å². The molecule has 0 bridgehead atoms. The highest BCUT2D eigenvalue weighted by molar-refractivity contribution is 5.69. The first-order chi connectivity index (χ1) is 4.54. The molecule has 0 saturated heterocycles. The predicted molar refractivity (Wildman–Crippen MR) is 36.5 cm³/mol. The molecule has 1 atom stereocenters. The fraction of sp³-hybridized carbons (Fsp3) is 0.833. The Labute approximate surface area is 59.9 Å². The van der Waals surface area contributed by atoms with Crippen LogP contribution in [0.15, 0.2) is 0 Å². The first-order valence-electron chi connectivity index (χ1n) is 3.17. The molecule has 0 radical (unpaired) electrons. The SMILES string of the molecule is CC(C)C(O)NCC(=O)O. The van der Waals surface area contributed by atoms with E-state index in [1.165, 1.54) is 0 Å². The van der Waals surface area contributed by atoms with Gasteiger partial charge in [-0.3, -0.25) is 10.1 Å². The Morgan fingerprint density at radius 3 is 2.40 bits per heavy atom. The lowest BCUT2D eigenvalue weighted by Gasteiger charge is -2.13. The van der Waals surface area contributed by atoms with E-state index in [1.54, 1.807) is 13.8 Å². The van der Waals surface area contributed by atoms with E-state index >= 15 is 0 Å². The van der Waals surface area contributed by atoms with Crippen molar-refractivity contribution in [3.8, 4) is 0 Å². The minimum absolute atomic E-state index is 0.0411. The molecule has 10 heavy (non-hydrogen) atoms. The lowest BCUT2D eigenvalue weighted by molar-refractivity contribution is -0.136. The molecule has 0 amide bonds. The van der Waals surface area contributed by atoms with Gasteiger partial charge in [0.1, 0.15) is 6.23 Å². The van der Waals surface area contributed by atoms with Gasteiger partial charge in [-0.1, -0.05) is 13.8 Å². The monoisotopic (exact) mass is 147 g/mol. The Morgan fingerprint density at radius 2 is 2.10 bits per heavy atom. The van der Waals surface area contributed by atoms with Gasteiger partial charge in [-0.2, -0.15) is 0 Å². The summed E-state index contributed by atoms with van der Waals surface area (Å²) in [6.45, 7) is 3.42. The van der Waals surface area contributed by atoms with E-state index < -0.39 is 12.2 Å². The smallest absolute Gasteiger partial charge is 0.317 e. The third kappa shape index (κ3) is 4.29. The van der Waals surface area contributed by atoms with Crippen LogP contribution in [0.1, 0.15) is 13.8 Å². The van der Waals surface area contributed by atoms with Crippen LogP contribution in [0.4, 0.5) is 0 Å². The summed E-state index contributed by atoms with van der Waals surface area (Å²) in [5.41, 5.74) is 0. The van der Waals surface area contributed by atoms with Crippen LogP contribution >= 0.6 is 0 Å². The van der Waals surface area contributed by atoms with Crippen LogP contribution in [0.3, 0.4) is 0 Å². The lowest BCUT2D eigenvalue weighted by Crippen LogP contribution is -2.36. The predicted octanol–water partition coefficient (Wildman–Crippen LogP) is -0.365. The molecule has 0 aromatic rings. The summed E-state index contributed by atoms with van der Waals surface area (Å²) in [6, 6.07) is 0. The second-order valence-corrected chi connectivity index (χ2v) is 2.46.